The number of nitrogens with zero attached hydrogens (tertiary/aromatic N) is 3. The molecule has 9 nitrogen and oxygen atoms in total. The molecule has 3 fully saturated rings. The number of nitrogens with two attached hydrogens (primary N) is 1. The van der Waals surface area contributed by atoms with Gasteiger partial charge >= 0.3 is 0 Å². The molecule has 3 aliphatic rings. The van der Waals surface area contributed by atoms with Crippen molar-refractivity contribution in [2.24, 2.45) is 28.9 Å². The van der Waals surface area contributed by atoms with Crippen molar-refractivity contribution >= 4 is 29.1 Å². The number of pyridine rings is 1. The van der Waals surface area contributed by atoms with Crippen molar-refractivity contribution < 1.29 is 9.59 Å². The highest BCUT2D eigenvalue weighted by molar-refractivity contribution is 6.32. The molecule has 3 aliphatic carbocycles. The first-order chi connectivity index (χ1) is 15.6. The molecule has 2 amide bonds. The van der Waals surface area contributed by atoms with Crippen LogP contribution in [0.5, 0.6) is 0 Å². The molecule has 2 heterocycles. The van der Waals surface area contributed by atoms with Crippen molar-refractivity contribution in [2.75, 3.05) is 5.32 Å². The highest BCUT2D eigenvalue weighted by atomic mass is 35.5. The van der Waals surface area contributed by atoms with Crippen LogP contribution in [0.1, 0.15) is 49.7 Å². The normalized spacial score (nSPS) is 25.1. The summed E-state index contributed by atoms with van der Waals surface area (Å²) in [7, 11) is 0. The Hall–Kier alpha value is -2.94. The van der Waals surface area contributed by atoms with E-state index in [1.165, 1.54) is 24.9 Å². The molecule has 0 saturated heterocycles. The molecule has 4 N–H and O–H groups in total. The average molecular weight is 473 g/mol. The summed E-state index contributed by atoms with van der Waals surface area (Å²) >= 11 is 6.35. The highest BCUT2D eigenvalue weighted by Gasteiger charge is 2.56. The van der Waals surface area contributed by atoms with Crippen LogP contribution in [0.4, 0.5) is 5.69 Å². The Morgan fingerprint density at radius 3 is 2.76 bits per heavy atom. The summed E-state index contributed by atoms with van der Waals surface area (Å²) in [4.78, 5) is 40.1. The standard InChI is InChI=1S/C23H29ClN6O3/c1-12-15-7-14(23(15,2)3)8-16(12)29-18-10-28-30(22(33)20(18)24)11-19(31)27-9-13-4-5-26-17(6-13)21(25)32/h4-6,10,12,14-16,29H,7-9,11H2,1-3H3,(H2,25,32)(H,27,31)/t12-,14-,15+,16-/m1/s1. The fourth-order valence-corrected chi connectivity index (χ4v) is 5.53. The molecule has 2 aromatic heterocycles. The molecule has 0 spiro atoms. The Morgan fingerprint density at radius 2 is 2.09 bits per heavy atom. The molecule has 0 aromatic carbocycles. The van der Waals surface area contributed by atoms with Crippen molar-refractivity contribution in [2.45, 2.75) is 52.7 Å². The van der Waals surface area contributed by atoms with E-state index in [0.29, 0.717) is 34.4 Å². The minimum Gasteiger partial charge on any atom is -0.379 e. The monoisotopic (exact) mass is 472 g/mol. The number of rotatable bonds is 7. The number of fused-ring (bicyclic) bond motifs is 2. The van der Waals surface area contributed by atoms with E-state index < -0.39 is 17.4 Å². The lowest BCUT2D eigenvalue weighted by Crippen LogP contribution is -2.58. The Bertz CT molecular complexity index is 1150. The van der Waals surface area contributed by atoms with E-state index in [9.17, 15) is 14.4 Å². The third-order valence-electron chi connectivity index (χ3n) is 7.54. The number of amides is 2. The van der Waals surface area contributed by atoms with Crippen molar-refractivity contribution in [3.05, 3.63) is 51.2 Å². The van der Waals surface area contributed by atoms with Crippen molar-refractivity contribution in [3.63, 3.8) is 0 Å². The largest absolute Gasteiger partial charge is 0.379 e. The first-order valence-electron chi connectivity index (χ1n) is 11.1. The van der Waals surface area contributed by atoms with Gasteiger partial charge in [-0.25, -0.2) is 4.68 Å². The van der Waals surface area contributed by atoms with E-state index in [1.54, 1.807) is 6.07 Å². The van der Waals surface area contributed by atoms with Crippen LogP contribution < -0.4 is 21.9 Å². The Kier molecular flexibility index (Phi) is 6.18. The van der Waals surface area contributed by atoms with E-state index in [0.717, 1.165) is 11.1 Å². The van der Waals surface area contributed by atoms with Gasteiger partial charge in [0.15, 0.2) is 0 Å². The van der Waals surface area contributed by atoms with Crippen molar-refractivity contribution in [1.29, 1.82) is 0 Å². The lowest BCUT2D eigenvalue weighted by Gasteiger charge is -2.62. The van der Waals surface area contributed by atoms with Gasteiger partial charge in [0.1, 0.15) is 17.3 Å². The fraction of sp³-hybridized carbons (Fsp3) is 0.522. The zero-order valence-electron chi connectivity index (χ0n) is 19.0. The number of nitrogens with one attached hydrogen (secondary N) is 2. The maximum atomic E-state index is 12.7. The zero-order chi connectivity index (χ0) is 23.9. The fourth-order valence-electron chi connectivity index (χ4n) is 5.33. The third kappa shape index (κ3) is 4.46. The van der Waals surface area contributed by atoms with Gasteiger partial charge in [-0.05, 0) is 53.7 Å². The quantitative estimate of drug-likeness (QED) is 0.565. The van der Waals surface area contributed by atoms with Gasteiger partial charge in [-0.15, -0.1) is 0 Å². The summed E-state index contributed by atoms with van der Waals surface area (Å²) in [5, 5.41) is 10.3. The van der Waals surface area contributed by atoms with Gasteiger partial charge in [-0.3, -0.25) is 19.4 Å². The predicted molar refractivity (Wildman–Crippen MR) is 125 cm³/mol. The predicted octanol–water partition coefficient (Wildman–Crippen LogP) is 2.19. The Morgan fingerprint density at radius 1 is 1.33 bits per heavy atom. The molecule has 176 valence electrons. The molecule has 4 atom stereocenters. The molecule has 3 saturated carbocycles. The minimum atomic E-state index is -0.648. The van der Waals surface area contributed by atoms with E-state index in [4.69, 9.17) is 17.3 Å². The van der Waals surface area contributed by atoms with Gasteiger partial charge in [-0.2, -0.15) is 5.10 Å². The molecular weight excluding hydrogens is 444 g/mol. The summed E-state index contributed by atoms with van der Waals surface area (Å²) in [5.41, 5.74) is 6.34. The van der Waals surface area contributed by atoms with Crippen LogP contribution in [0.15, 0.2) is 29.3 Å². The van der Waals surface area contributed by atoms with Crippen LogP contribution in [0.3, 0.4) is 0 Å². The van der Waals surface area contributed by atoms with Crippen LogP contribution >= 0.6 is 11.6 Å². The lowest BCUT2D eigenvalue weighted by molar-refractivity contribution is -0.122. The summed E-state index contributed by atoms with van der Waals surface area (Å²) in [6.07, 6.45) is 5.26. The van der Waals surface area contributed by atoms with E-state index in [1.807, 2.05) is 0 Å². The third-order valence-corrected chi connectivity index (χ3v) is 7.91. The first-order valence-corrected chi connectivity index (χ1v) is 11.5. The van der Waals surface area contributed by atoms with E-state index >= 15 is 0 Å². The van der Waals surface area contributed by atoms with Crippen LogP contribution in [0, 0.1) is 23.2 Å². The summed E-state index contributed by atoms with van der Waals surface area (Å²) in [6, 6.07) is 3.40. The molecule has 2 aromatic rings. The number of hydrogen-bond donors (Lipinski definition) is 3. The zero-order valence-corrected chi connectivity index (χ0v) is 19.7. The topological polar surface area (TPSA) is 132 Å². The lowest BCUT2D eigenvalue weighted by atomic mass is 9.45. The number of anilines is 1. The maximum Gasteiger partial charge on any atom is 0.288 e. The second-order valence-electron chi connectivity index (χ2n) is 9.73. The minimum absolute atomic E-state index is 0.0312. The Balaban J connectivity index is 1.37. The summed E-state index contributed by atoms with van der Waals surface area (Å²) in [5.74, 6) is 0.737. The number of carbonyl (C=O) groups excluding carboxylic acids is 2. The van der Waals surface area contributed by atoms with Crippen LogP contribution in [0.25, 0.3) is 0 Å². The molecule has 10 heteroatoms. The number of aromatic nitrogens is 3. The van der Waals surface area contributed by atoms with Gasteiger partial charge in [-0.1, -0.05) is 32.4 Å². The molecule has 33 heavy (non-hydrogen) atoms. The van der Waals surface area contributed by atoms with Gasteiger partial charge in [0, 0.05) is 18.8 Å². The summed E-state index contributed by atoms with van der Waals surface area (Å²) < 4.78 is 1.04. The molecule has 0 unspecified atom stereocenters. The Labute approximate surface area is 197 Å². The van der Waals surface area contributed by atoms with Gasteiger partial charge in [0.05, 0.1) is 11.9 Å². The SMILES string of the molecule is C[C@H]1[C@H](Nc2cnn(CC(=O)NCc3ccnc(C(N)=O)c3)c(=O)c2Cl)C[C@H]2C[C@@H]1C2(C)C. The number of halogens is 1. The van der Waals surface area contributed by atoms with Crippen LogP contribution in [-0.4, -0.2) is 32.6 Å². The van der Waals surface area contributed by atoms with Crippen molar-refractivity contribution in [3.8, 4) is 0 Å². The van der Waals surface area contributed by atoms with Gasteiger partial charge < -0.3 is 16.4 Å². The number of primary amides is 1. The first kappa shape index (κ1) is 23.2. The van der Waals surface area contributed by atoms with Crippen LogP contribution in [0.2, 0.25) is 5.02 Å². The molecule has 5 rings (SSSR count). The summed E-state index contributed by atoms with van der Waals surface area (Å²) in [6.45, 7) is 6.81. The van der Waals surface area contributed by atoms with Crippen LogP contribution in [-0.2, 0) is 17.9 Å². The molecule has 0 aliphatic heterocycles. The molecule has 0 radical (unpaired) electrons. The van der Waals surface area contributed by atoms with E-state index in [-0.39, 0.29) is 29.8 Å². The van der Waals surface area contributed by atoms with Crippen molar-refractivity contribution in [1.82, 2.24) is 20.1 Å². The van der Waals surface area contributed by atoms with Gasteiger partial charge in [0.2, 0.25) is 5.91 Å². The van der Waals surface area contributed by atoms with Gasteiger partial charge in [0.25, 0.3) is 11.5 Å². The number of hydrogen-bond acceptors (Lipinski definition) is 6. The second kappa shape index (κ2) is 8.78. The highest BCUT2D eigenvalue weighted by Crippen LogP contribution is 2.61. The smallest absolute Gasteiger partial charge is 0.288 e. The maximum absolute atomic E-state index is 12.7. The molecule has 2 bridgehead atoms. The van der Waals surface area contributed by atoms with E-state index in [2.05, 4.69) is 41.5 Å². The average Bonchev–Trinajstić information content (AvgIpc) is 2.78. The molecular formula is C23H29ClN6O3. The second-order valence-corrected chi connectivity index (χ2v) is 10.1. The number of carbonyl (C=O) groups is 2.